The predicted molar refractivity (Wildman–Crippen MR) is 145 cm³/mol. The fourth-order valence-corrected chi connectivity index (χ4v) is 6.78. The van der Waals surface area contributed by atoms with Crippen LogP contribution in [-0.4, -0.2) is 41.7 Å². The minimum atomic E-state index is -4.81. The third-order valence-corrected chi connectivity index (χ3v) is 9.62. The molecule has 13 heteroatoms. The summed E-state index contributed by atoms with van der Waals surface area (Å²) < 4.78 is 68.4. The number of sulfone groups is 1. The number of hydrogen-bond acceptors (Lipinski definition) is 5. The van der Waals surface area contributed by atoms with Crippen molar-refractivity contribution in [3.63, 3.8) is 0 Å². The molecule has 0 spiro atoms. The largest absolute Gasteiger partial charge is 0.416 e. The first-order valence-electron chi connectivity index (χ1n) is 12.6. The zero-order chi connectivity index (χ0) is 28.7. The number of benzene rings is 2. The van der Waals surface area contributed by atoms with Gasteiger partial charge in [0.05, 0.1) is 38.7 Å². The molecule has 0 radical (unpaired) electrons. The lowest BCUT2D eigenvalue weighted by Gasteiger charge is -2.22. The van der Waals surface area contributed by atoms with Crippen LogP contribution in [0.3, 0.4) is 0 Å². The number of aromatic amines is 1. The summed E-state index contributed by atoms with van der Waals surface area (Å²) in [5.74, 6) is 0.150. The average Bonchev–Trinajstić information content (AvgIpc) is 3.30. The molecule has 1 saturated heterocycles. The number of nitrogens with one attached hydrogen (secondary N) is 1. The summed E-state index contributed by atoms with van der Waals surface area (Å²) in [6.07, 6.45) is -1.97. The van der Waals surface area contributed by atoms with E-state index in [0.717, 1.165) is 19.3 Å². The molecule has 0 bridgehead atoms. The van der Waals surface area contributed by atoms with Gasteiger partial charge in [-0.05, 0) is 60.7 Å². The van der Waals surface area contributed by atoms with E-state index in [4.69, 9.17) is 23.2 Å². The number of aromatic nitrogens is 2. The minimum absolute atomic E-state index is 0.0609. The van der Waals surface area contributed by atoms with Crippen molar-refractivity contribution in [1.82, 2.24) is 14.5 Å². The Kier molecular flexibility index (Phi) is 8.56. The number of nitrogens with zero attached hydrogens (tertiary/aromatic N) is 2. The molecular formula is C26H28Cl2F3N3O4S. The highest BCUT2D eigenvalue weighted by Crippen LogP contribution is 2.39. The van der Waals surface area contributed by atoms with Crippen LogP contribution in [0.2, 0.25) is 10.0 Å². The van der Waals surface area contributed by atoms with E-state index in [1.807, 2.05) is 4.90 Å². The van der Waals surface area contributed by atoms with Crippen LogP contribution in [0.5, 0.6) is 0 Å². The Hall–Kier alpha value is -2.34. The number of rotatable bonds is 8. The maximum Gasteiger partial charge on any atom is 0.416 e. The van der Waals surface area contributed by atoms with Crippen molar-refractivity contribution < 1.29 is 21.6 Å². The highest BCUT2D eigenvalue weighted by atomic mass is 35.5. The van der Waals surface area contributed by atoms with Crippen LogP contribution < -0.4 is 11.2 Å². The van der Waals surface area contributed by atoms with Crippen molar-refractivity contribution in [2.24, 2.45) is 5.92 Å². The second kappa shape index (κ2) is 11.3. The Labute approximate surface area is 233 Å². The number of alkyl halides is 3. The van der Waals surface area contributed by atoms with Crippen molar-refractivity contribution in [2.75, 3.05) is 18.8 Å². The quantitative estimate of drug-likeness (QED) is 0.367. The van der Waals surface area contributed by atoms with Crippen LogP contribution >= 0.6 is 23.2 Å². The Morgan fingerprint density at radius 1 is 1.10 bits per heavy atom. The summed E-state index contributed by atoms with van der Waals surface area (Å²) in [6, 6.07) is 4.65. The third kappa shape index (κ3) is 6.06. The van der Waals surface area contributed by atoms with Crippen molar-refractivity contribution in [3.8, 4) is 0 Å². The summed E-state index contributed by atoms with van der Waals surface area (Å²) in [6.45, 7) is 4.16. The van der Waals surface area contributed by atoms with Crippen LogP contribution in [0.25, 0.3) is 10.9 Å². The molecule has 1 aliphatic heterocycles. The van der Waals surface area contributed by atoms with Crippen LogP contribution in [0.1, 0.15) is 49.8 Å². The smallest absolute Gasteiger partial charge is 0.305 e. The van der Waals surface area contributed by atoms with E-state index in [1.54, 1.807) is 0 Å². The Morgan fingerprint density at radius 2 is 1.82 bits per heavy atom. The summed E-state index contributed by atoms with van der Waals surface area (Å²) in [7, 11) is -3.75. The molecule has 212 valence electrons. The van der Waals surface area contributed by atoms with Crippen molar-refractivity contribution in [3.05, 3.63) is 71.8 Å². The van der Waals surface area contributed by atoms with Gasteiger partial charge in [-0.15, -0.1) is 0 Å². The van der Waals surface area contributed by atoms with Gasteiger partial charge in [-0.3, -0.25) is 14.3 Å². The Bertz CT molecular complexity index is 1630. The molecule has 4 rings (SSSR count). The van der Waals surface area contributed by atoms with E-state index >= 15 is 0 Å². The van der Waals surface area contributed by atoms with Gasteiger partial charge in [-0.25, -0.2) is 13.2 Å². The van der Waals surface area contributed by atoms with Gasteiger partial charge < -0.3 is 4.98 Å². The van der Waals surface area contributed by atoms with E-state index in [0.29, 0.717) is 29.6 Å². The fraction of sp³-hybridized carbons (Fsp3) is 0.462. The van der Waals surface area contributed by atoms with Gasteiger partial charge in [-0.1, -0.05) is 43.5 Å². The molecule has 2 aromatic carbocycles. The summed E-state index contributed by atoms with van der Waals surface area (Å²) in [5.41, 5.74) is -3.35. The minimum Gasteiger partial charge on any atom is -0.305 e. The highest BCUT2D eigenvalue weighted by molar-refractivity contribution is 7.91. The zero-order valence-electron chi connectivity index (χ0n) is 21.4. The summed E-state index contributed by atoms with van der Waals surface area (Å²) in [4.78, 5) is 30.6. The molecule has 0 amide bonds. The van der Waals surface area contributed by atoms with Gasteiger partial charge in [0.2, 0.25) is 0 Å². The van der Waals surface area contributed by atoms with Gasteiger partial charge in [0.1, 0.15) is 0 Å². The number of likely N-dealkylation sites (tertiary alicyclic amines) is 1. The number of halogens is 5. The van der Waals surface area contributed by atoms with E-state index in [2.05, 4.69) is 11.9 Å². The van der Waals surface area contributed by atoms with Gasteiger partial charge in [0.15, 0.2) is 9.84 Å². The predicted octanol–water partition coefficient (Wildman–Crippen LogP) is 5.48. The van der Waals surface area contributed by atoms with Crippen LogP contribution in [0.15, 0.2) is 38.8 Å². The molecule has 7 nitrogen and oxygen atoms in total. The van der Waals surface area contributed by atoms with Gasteiger partial charge >= 0.3 is 11.9 Å². The number of H-pyrrole nitrogens is 1. The number of hydrogen-bond donors (Lipinski definition) is 1. The topological polar surface area (TPSA) is 92.2 Å². The fourth-order valence-electron chi connectivity index (χ4n) is 5.17. The third-order valence-electron chi connectivity index (χ3n) is 7.14. The molecular weight excluding hydrogens is 578 g/mol. The van der Waals surface area contributed by atoms with E-state index in [9.17, 15) is 31.2 Å². The molecule has 0 unspecified atom stereocenters. The first-order chi connectivity index (χ1) is 18.3. The highest BCUT2D eigenvalue weighted by Gasteiger charge is 2.37. The van der Waals surface area contributed by atoms with E-state index in [-0.39, 0.29) is 43.9 Å². The molecule has 1 N–H and O–H groups in total. The monoisotopic (exact) mass is 605 g/mol. The first kappa shape index (κ1) is 29.6. The second-order valence-corrected chi connectivity index (χ2v) is 12.9. The van der Waals surface area contributed by atoms with Crippen LogP contribution in [0.4, 0.5) is 13.2 Å². The van der Waals surface area contributed by atoms with E-state index < -0.39 is 44.8 Å². The Balaban J connectivity index is 1.85. The molecule has 39 heavy (non-hydrogen) atoms. The molecule has 1 aliphatic rings. The standard InChI is InChI=1S/C26H28Cl2F3N3O4S/c1-3-5-15-8-9-33(12-15)14-19-20(26(29,30)31)11-18-23(22(19)28)32-25(36)34(24(18)35)13-16-10-17(27)6-7-21(16)39(37,38)4-2/h6-7,10-11,15H,3-5,8-9,12-14H2,1-2H3,(H,32,36)/t15-/m1/s1. The number of fused-ring (bicyclic) bond motifs is 1. The maximum atomic E-state index is 14.2. The molecule has 0 aliphatic carbocycles. The summed E-state index contributed by atoms with van der Waals surface area (Å²) in [5, 5.41) is -0.597. The molecule has 3 aromatic rings. The molecule has 1 aromatic heterocycles. The van der Waals surface area contributed by atoms with Crippen molar-refractivity contribution in [2.45, 2.75) is 57.3 Å². The molecule has 1 fully saturated rings. The van der Waals surface area contributed by atoms with Crippen LogP contribution in [-0.2, 0) is 29.1 Å². The van der Waals surface area contributed by atoms with Gasteiger partial charge in [0.25, 0.3) is 5.56 Å². The normalized spacial score (nSPS) is 16.8. The van der Waals surface area contributed by atoms with Crippen molar-refractivity contribution in [1.29, 1.82) is 0 Å². The molecule has 1 atom stereocenters. The average molecular weight is 606 g/mol. The van der Waals surface area contributed by atoms with Gasteiger partial charge in [-0.2, -0.15) is 13.2 Å². The zero-order valence-corrected chi connectivity index (χ0v) is 23.7. The summed E-state index contributed by atoms with van der Waals surface area (Å²) >= 11 is 12.5. The van der Waals surface area contributed by atoms with Crippen molar-refractivity contribution >= 4 is 43.9 Å². The van der Waals surface area contributed by atoms with Crippen LogP contribution in [0, 0.1) is 5.92 Å². The van der Waals surface area contributed by atoms with E-state index in [1.165, 1.54) is 25.1 Å². The second-order valence-electron chi connectivity index (χ2n) is 9.79. The van der Waals surface area contributed by atoms with Gasteiger partial charge in [0, 0.05) is 18.1 Å². The first-order valence-corrected chi connectivity index (χ1v) is 15.0. The lowest BCUT2D eigenvalue weighted by molar-refractivity contribution is -0.138. The maximum absolute atomic E-state index is 14.2. The lowest BCUT2D eigenvalue weighted by Crippen LogP contribution is -2.36. The molecule has 0 saturated carbocycles. The Morgan fingerprint density at radius 3 is 2.46 bits per heavy atom. The molecule has 2 heterocycles. The lowest BCUT2D eigenvalue weighted by atomic mass is 10.0. The SMILES string of the molecule is CCC[C@@H]1CCN(Cc2c(C(F)(F)F)cc3c(=O)n(Cc4cc(Cl)ccc4S(=O)(=O)CC)c(=O)[nH]c3c2Cl)C1.